The first-order valence-corrected chi connectivity index (χ1v) is 12.0. The van der Waals surface area contributed by atoms with E-state index in [4.69, 9.17) is 35.6 Å². The zero-order chi connectivity index (χ0) is 25.1. The molecule has 1 atom stereocenters. The van der Waals surface area contributed by atoms with Gasteiger partial charge in [0.1, 0.15) is 6.04 Å². The van der Waals surface area contributed by atoms with Gasteiger partial charge in [-0.2, -0.15) is 4.98 Å². The number of nitrogens with zero attached hydrogens (tertiary/aromatic N) is 3. The maximum atomic E-state index is 12.9. The average Bonchev–Trinajstić information content (AvgIpc) is 3.28. The lowest BCUT2D eigenvalue weighted by molar-refractivity contribution is -0.136. The standard InChI is InChI=1S/C24H25ClN4O5S/c1-13-19(22(30)34-5)20(15-10-17(31-2)21(33-4)18(11-15)32-3)29-23(26-13)27-24(28-29)35-12-14-8-6-7-9-16(14)25/h6-11,20H,12H2,1-5H3,(H,26,27,28). The molecule has 1 aliphatic rings. The van der Waals surface area contributed by atoms with E-state index >= 15 is 0 Å². The lowest BCUT2D eigenvalue weighted by atomic mass is 9.95. The van der Waals surface area contributed by atoms with E-state index in [-0.39, 0.29) is 0 Å². The summed E-state index contributed by atoms with van der Waals surface area (Å²) in [6.07, 6.45) is 0. The van der Waals surface area contributed by atoms with E-state index < -0.39 is 12.0 Å². The number of allylic oxidation sites excluding steroid dienone is 1. The van der Waals surface area contributed by atoms with E-state index in [1.54, 1.807) is 23.7 Å². The molecule has 184 valence electrons. The van der Waals surface area contributed by atoms with E-state index in [1.807, 2.05) is 24.3 Å². The van der Waals surface area contributed by atoms with Crippen LogP contribution in [0.3, 0.4) is 0 Å². The number of esters is 1. The predicted molar refractivity (Wildman–Crippen MR) is 134 cm³/mol. The van der Waals surface area contributed by atoms with Gasteiger partial charge >= 0.3 is 5.97 Å². The number of aromatic nitrogens is 3. The Balaban J connectivity index is 1.79. The maximum absolute atomic E-state index is 12.9. The molecule has 0 amide bonds. The first kappa shape index (κ1) is 24.7. The van der Waals surface area contributed by atoms with Gasteiger partial charge in [-0.25, -0.2) is 9.48 Å². The predicted octanol–water partition coefficient (Wildman–Crippen LogP) is 4.71. The molecule has 0 saturated carbocycles. The van der Waals surface area contributed by atoms with Crippen LogP contribution in [0.2, 0.25) is 5.02 Å². The minimum Gasteiger partial charge on any atom is -0.493 e. The van der Waals surface area contributed by atoms with E-state index in [9.17, 15) is 4.79 Å². The normalized spacial score (nSPS) is 14.7. The molecule has 1 aliphatic heterocycles. The highest BCUT2D eigenvalue weighted by atomic mass is 35.5. The summed E-state index contributed by atoms with van der Waals surface area (Å²) in [5.41, 5.74) is 2.67. The number of ether oxygens (including phenoxy) is 4. The summed E-state index contributed by atoms with van der Waals surface area (Å²) in [6, 6.07) is 10.6. The van der Waals surface area contributed by atoms with Gasteiger partial charge in [-0.3, -0.25) is 0 Å². The van der Waals surface area contributed by atoms with E-state index in [1.165, 1.54) is 40.2 Å². The molecule has 2 heterocycles. The molecule has 0 spiro atoms. The number of anilines is 1. The number of hydrogen-bond acceptors (Lipinski definition) is 9. The molecule has 2 aromatic carbocycles. The van der Waals surface area contributed by atoms with Crippen molar-refractivity contribution in [2.75, 3.05) is 33.8 Å². The fraction of sp³-hybridized carbons (Fsp3) is 0.292. The Morgan fingerprint density at radius 1 is 1.11 bits per heavy atom. The fourth-order valence-electron chi connectivity index (χ4n) is 3.89. The van der Waals surface area contributed by atoms with Crippen molar-refractivity contribution in [3.05, 3.63) is 63.8 Å². The molecule has 0 radical (unpaired) electrons. The second kappa shape index (κ2) is 10.5. The largest absolute Gasteiger partial charge is 0.493 e. The maximum Gasteiger partial charge on any atom is 0.338 e. The molecule has 1 N–H and O–H groups in total. The number of benzene rings is 2. The fourth-order valence-corrected chi connectivity index (χ4v) is 5.01. The number of halogens is 1. The van der Waals surface area contributed by atoms with Gasteiger partial charge in [0.05, 0.1) is 34.0 Å². The van der Waals surface area contributed by atoms with Crippen LogP contribution in [0.1, 0.15) is 24.1 Å². The van der Waals surface area contributed by atoms with E-state index in [0.29, 0.717) is 56.0 Å². The van der Waals surface area contributed by atoms with Crippen LogP contribution in [0.25, 0.3) is 0 Å². The molecule has 9 nitrogen and oxygen atoms in total. The molecule has 3 aromatic rings. The summed E-state index contributed by atoms with van der Waals surface area (Å²) < 4.78 is 23.3. The van der Waals surface area contributed by atoms with E-state index in [2.05, 4.69) is 10.3 Å². The van der Waals surface area contributed by atoms with Crippen molar-refractivity contribution in [3.63, 3.8) is 0 Å². The molecule has 1 aromatic heterocycles. The minimum atomic E-state index is -0.644. The van der Waals surface area contributed by atoms with Gasteiger partial charge in [0.2, 0.25) is 16.9 Å². The lowest BCUT2D eigenvalue weighted by Crippen LogP contribution is -2.29. The highest BCUT2D eigenvalue weighted by molar-refractivity contribution is 7.98. The van der Waals surface area contributed by atoms with Crippen LogP contribution in [0, 0.1) is 0 Å². The van der Waals surface area contributed by atoms with Crippen molar-refractivity contribution in [2.24, 2.45) is 0 Å². The topological polar surface area (TPSA) is 96.7 Å². The van der Waals surface area contributed by atoms with Crippen molar-refractivity contribution < 1.29 is 23.7 Å². The molecular formula is C24H25ClN4O5S. The van der Waals surface area contributed by atoms with Crippen LogP contribution >= 0.6 is 23.4 Å². The second-order valence-corrected chi connectivity index (χ2v) is 8.91. The molecule has 0 bridgehead atoms. The quantitative estimate of drug-likeness (QED) is 0.337. The third-order valence-electron chi connectivity index (χ3n) is 5.56. The number of methoxy groups -OCH3 is 4. The Bertz CT molecular complexity index is 1270. The number of thioether (sulfide) groups is 1. The Kier molecular flexibility index (Phi) is 7.42. The number of hydrogen-bond donors (Lipinski definition) is 1. The van der Waals surface area contributed by atoms with Crippen LogP contribution in [0.5, 0.6) is 17.2 Å². The molecular weight excluding hydrogens is 492 g/mol. The Morgan fingerprint density at radius 3 is 2.40 bits per heavy atom. The van der Waals surface area contributed by atoms with Gasteiger partial charge < -0.3 is 24.3 Å². The average molecular weight is 517 g/mol. The van der Waals surface area contributed by atoms with Gasteiger partial charge in [-0.15, -0.1) is 5.10 Å². The minimum absolute atomic E-state index is 0.391. The summed E-state index contributed by atoms with van der Waals surface area (Å²) >= 11 is 7.75. The number of carbonyl (C=O) groups is 1. The Hall–Kier alpha value is -3.37. The third-order valence-corrected chi connectivity index (χ3v) is 6.81. The number of fused-ring (bicyclic) bond motifs is 1. The summed E-state index contributed by atoms with van der Waals surface area (Å²) in [5, 5.41) is 9.11. The van der Waals surface area contributed by atoms with Crippen LogP contribution in [-0.2, 0) is 15.3 Å². The molecule has 1 unspecified atom stereocenters. The molecule has 11 heteroatoms. The van der Waals surface area contributed by atoms with Gasteiger partial charge in [-0.1, -0.05) is 41.6 Å². The smallest absolute Gasteiger partial charge is 0.338 e. The lowest BCUT2D eigenvalue weighted by Gasteiger charge is -2.28. The second-order valence-electron chi connectivity index (χ2n) is 7.56. The van der Waals surface area contributed by atoms with Gasteiger partial charge in [0.15, 0.2) is 11.5 Å². The van der Waals surface area contributed by atoms with E-state index in [0.717, 1.165) is 5.56 Å². The summed E-state index contributed by atoms with van der Waals surface area (Å²) in [4.78, 5) is 17.5. The van der Waals surface area contributed by atoms with Crippen molar-refractivity contribution in [2.45, 2.75) is 23.9 Å². The number of carbonyl (C=O) groups excluding carboxylic acids is 1. The monoisotopic (exact) mass is 516 g/mol. The molecule has 35 heavy (non-hydrogen) atoms. The molecule has 0 fully saturated rings. The van der Waals surface area contributed by atoms with Gasteiger partial charge in [0.25, 0.3) is 0 Å². The SMILES string of the molecule is COC(=O)C1=C(C)Nc2nc(SCc3ccccc3Cl)nn2C1c1cc(OC)c(OC)c(OC)c1. The summed E-state index contributed by atoms with van der Waals surface area (Å²) in [5.74, 6) is 1.96. The van der Waals surface area contributed by atoms with Crippen molar-refractivity contribution >= 4 is 35.3 Å². The van der Waals surface area contributed by atoms with Crippen LogP contribution in [0.15, 0.2) is 52.8 Å². The van der Waals surface area contributed by atoms with Crippen molar-refractivity contribution in [1.29, 1.82) is 0 Å². The first-order chi connectivity index (χ1) is 16.9. The zero-order valence-electron chi connectivity index (χ0n) is 19.9. The van der Waals surface area contributed by atoms with Crippen molar-refractivity contribution in [3.8, 4) is 17.2 Å². The zero-order valence-corrected chi connectivity index (χ0v) is 21.5. The van der Waals surface area contributed by atoms with Crippen LogP contribution < -0.4 is 19.5 Å². The summed E-state index contributed by atoms with van der Waals surface area (Å²) in [7, 11) is 5.95. The van der Waals surface area contributed by atoms with Crippen LogP contribution in [-0.4, -0.2) is 49.2 Å². The van der Waals surface area contributed by atoms with Gasteiger partial charge in [-0.05, 0) is 36.2 Å². The Morgan fingerprint density at radius 2 is 1.80 bits per heavy atom. The summed E-state index contributed by atoms with van der Waals surface area (Å²) in [6.45, 7) is 1.80. The number of nitrogens with one attached hydrogen (secondary N) is 1. The van der Waals surface area contributed by atoms with Gasteiger partial charge in [0, 0.05) is 16.5 Å². The van der Waals surface area contributed by atoms with Crippen molar-refractivity contribution in [1.82, 2.24) is 14.8 Å². The van der Waals surface area contributed by atoms with Crippen LogP contribution in [0.4, 0.5) is 5.95 Å². The first-order valence-electron chi connectivity index (χ1n) is 10.6. The highest BCUT2D eigenvalue weighted by Crippen LogP contribution is 2.44. The highest BCUT2D eigenvalue weighted by Gasteiger charge is 2.36. The third kappa shape index (κ3) is 4.76. The molecule has 0 saturated heterocycles. The molecule has 4 rings (SSSR count). The molecule has 0 aliphatic carbocycles. The Labute approximate surface area is 212 Å². The number of rotatable bonds is 8.